The van der Waals surface area contributed by atoms with Gasteiger partial charge in [0.15, 0.2) is 5.82 Å². The van der Waals surface area contributed by atoms with Crippen molar-refractivity contribution in [3.63, 3.8) is 0 Å². The highest BCUT2D eigenvalue weighted by molar-refractivity contribution is 5.96. The van der Waals surface area contributed by atoms with Crippen LogP contribution in [0.2, 0.25) is 0 Å². The molecule has 4 heterocycles. The van der Waals surface area contributed by atoms with Crippen molar-refractivity contribution < 1.29 is 36.2 Å². The number of halogens is 5. The molecule has 1 fully saturated rings. The first-order chi connectivity index (χ1) is 21.0. The highest BCUT2D eigenvalue weighted by Gasteiger charge is 2.39. The van der Waals surface area contributed by atoms with Crippen molar-refractivity contribution in [1.82, 2.24) is 20.3 Å². The molecule has 0 bridgehead atoms. The number of benzene rings is 1. The molecule has 1 atom stereocenters. The van der Waals surface area contributed by atoms with Crippen molar-refractivity contribution in [2.75, 3.05) is 51.0 Å². The zero-order chi connectivity index (χ0) is 33.0. The van der Waals surface area contributed by atoms with Gasteiger partial charge >= 0.3 is 12.2 Å². The van der Waals surface area contributed by atoms with E-state index in [1.54, 1.807) is 6.92 Å². The fraction of sp³-hybridized carbons (Fsp3) is 0.567. The van der Waals surface area contributed by atoms with E-state index in [-0.39, 0.29) is 28.6 Å². The van der Waals surface area contributed by atoms with Gasteiger partial charge in [-0.15, -0.1) is 0 Å². The lowest BCUT2D eigenvalue weighted by atomic mass is 9.96. The van der Waals surface area contributed by atoms with Gasteiger partial charge in [-0.25, -0.2) is 13.8 Å². The van der Waals surface area contributed by atoms with Crippen LogP contribution in [0.5, 0.6) is 11.9 Å². The van der Waals surface area contributed by atoms with Gasteiger partial charge in [-0.3, -0.25) is 0 Å². The highest BCUT2D eigenvalue weighted by Crippen LogP contribution is 2.44. The van der Waals surface area contributed by atoms with Gasteiger partial charge in [-0.1, -0.05) is 27.7 Å². The maximum absolute atomic E-state index is 15.9. The van der Waals surface area contributed by atoms with Crippen molar-refractivity contribution in [2.45, 2.75) is 73.1 Å². The van der Waals surface area contributed by atoms with E-state index >= 15 is 4.39 Å². The predicted octanol–water partition coefficient (Wildman–Crippen LogP) is 6.91. The van der Waals surface area contributed by atoms with Crippen LogP contribution < -0.4 is 25.8 Å². The Labute approximate surface area is 255 Å². The summed E-state index contributed by atoms with van der Waals surface area (Å²) in [5, 5.41) is 6.28. The number of methoxy groups -OCH3 is 1. The van der Waals surface area contributed by atoms with E-state index in [1.165, 1.54) is 20.0 Å². The molecule has 0 aliphatic carbocycles. The monoisotopic (exact) mass is 630 g/mol. The van der Waals surface area contributed by atoms with Crippen LogP contribution in [0.3, 0.4) is 0 Å². The fourth-order valence-electron chi connectivity index (χ4n) is 4.43. The average molecular weight is 631 g/mol. The van der Waals surface area contributed by atoms with Crippen molar-refractivity contribution in [3.8, 4) is 23.1 Å². The molecule has 0 amide bonds. The molecule has 4 N–H and O–H groups in total. The normalized spacial score (nSPS) is 16.4. The predicted molar refractivity (Wildman–Crippen MR) is 162 cm³/mol. The summed E-state index contributed by atoms with van der Waals surface area (Å²) < 4.78 is 88.2. The first-order valence-electron chi connectivity index (χ1n) is 14.8. The van der Waals surface area contributed by atoms with Crippen molar-refractivity contribution in [2.24, 2.45) is 0 Å². The summed E-state index contributed by atoms with van der Waals surface area (Å²) in [5.41, 5.74) is 1.04. The molecule has 44 heavy (non-hydrogen) atoms. The lowest BCUT2D eigenvalue weighted by Crippen LogP contribution is -2.26. The second-order valence-electron chi connectivity index (χ2n) is 9.40. The maximum Gasteiger partial charge on any atom is 0.417 e. The summed E-state index contributed by atoms with van der Waals surface area (Å²) >= 11 is 0. The second kappa shape index (κ2) is 17.1. The molecule has 5 rings (SSSR count). The van der Waals surface area contributed by atoms with E-state index in [0.29, 0.717) is 32.1 Å². The third-order valence-corrected chi connectivity index (χ3v) is 6.44. The Hall–Kier alpha value is -3.52. The van der Waals surface area contributed by atoms with Crippen LogP contribution in [0.25, 0.3) is 22.2 Å². The van der Waals surface area contributed by atoms with E-state index in [1.807, 2.05) is 27.7 Å². The van der Waals surface area contributed by atoms with Gasteiger partial charge in [0.2, 0.25) is 5.88 Å². The molecule has 0 spiro atoms. The number of pyridine rings is 1. The number of ether oxygens (including phenoxy) is 3. The molecule has 0 radical (unpaired) electrons. The van der Waals surface area contributed by atoms with Crippen LogP contribution in [0.1, 0.15) is 65.0 Å². The first-order valence-corrected chi connectivity index (χ1v) is 14.8. The zero-order valence-corrected chi connectivity index (χ0v) is 26.3. The minimum absolute atomic E-state index is 0.0427. The highest BCUT2D eigenvalue weighted by atomic mass is 19.4. The minimum atomic E-state index is -5.02. The van der Waals surface area contributed by atoms with E-state index in [2.05, 4.69) is 25.6 Å². The number of anilines is 2. The molecule has 3 aromatic rings. The molecule has 14 heteroatoms. The van der Waals surface area contributed by atoms with Crippen molar-refractivity contribution in [3.05, 3.63) is 28.8 Å². The first kappa shape index (κ1) is 36.7. The molecule has 2 aromatic heterocycles. The molecule has 246 valence electrons. The third kappa shape index (κ3) is 8.78. The number of nitrogens with zero attached hydrogens (tertiary/aromatic N) is 3. The largest absolute Gasteiger partial charge is 0.474 e. The summed E-state index contributed by atoms with van der Waals surface area (Å²) in [4.78, 5) is 12.4. The van der Waals surface area contributed by atoms with E-state index in [4.69, 9.17) is 19.9 Å². The molecule has 1 unspecified atom stereocenters. The summed E-state index contributed by atoms with van der Waals surface area (Å²) in [7, 11) is 1.27. The molecular weight excluding hydrogens is 587 g/mol. The summed E-state index contributed by atoms with van der Waals surface area (Å²) in [6.07, 6.45) is -2.36. The topological polar surface area (TPSA) is 116 Å². The molecule has 1 saturated heterocycles. The molecule has 9 nitrogen and oxygen atoms in total. The molecular formula is C30H43F5N6O3. The van der Waals surface area contributed by atoms with Gasteiger partial charge in [-0.2, -0.15) is 23.1 Å². The van der Waals surface area contributed by atoms with Crippen LogP contribution in [-0.2, 0) is 10.9 Å². The second-order valence-corrected chi connectivity index (χ2v) is 9.40. The number of rotatable bonds is 2. The minimum Gasteiger partial charge on any atom is -0.474 e. The smallest absolute Gasteiger partial charge is 0.417 e. The van der Waals surface area contributed by atoms with E-state index in [0.717, 1.165) is 20.1 Å². The number of nitrogen functional groups attached to an aromatic ring is 1. The molecule has 1 aromatic carbocycles. The number of nitrogens with one attached hydrogen (secondary N) is 2. The summed E-state index contributed by atoms with van der Waals surface area (Å²) in [6.45, 7) is 14.2. The number of hydrogen-bond acceptors (Lipinski definition) is 9. The van der Waals surface area contributed by atoms with Crippen LogP contribution in [0.4, 0.5) is 33.5 Å². The van der Waals surface area contributed by atoms with Gasteiger partial charge in [-0.05, 0) is 51.3 Å². The Morgan fingerprint density at radius 3 is 2.20 bits per heavy atom. The van der Waals surface area contributed by atoms with Gasteiger partial charge in [0, 0.05) is 31.9 Å². The van der Waals surface area contributed by atoms with Gasteiger partial charge in [0.05, 0.1) is 24.5 Å². The van der Waals surface area contributed by atoms with E-state index < -0.39 is 52.0 Å². The maximum atomic E-state index is 15.9. The average Bonchev–Trinajstić information content (AvgIpc) is 3.59. The van der Waals surface area contributed by atoms with Crippen molar-refractivity contribution in [1.29, 1.82) is 0 Å². The quantitative estimate of drug-likeness (QED) is 0.205. The Balaban J connectivity index is 0.000000660. The van der Waals surface area contributed by atoms with Gasteiger partial charge < -0.3 is 30.6 Å². The van der Waals surface area contributed by atoms with Crippen LogP contribution in [-0.4, -0.2) is 61.0 Å². The summed E-state index contributed by atoms with van der Waals surface area (Å²) in [5.74, 6) is -2.47. The number of nitrogens with two attached hydrogens (primary N) is 1. The zero-order valence-electron chi connectivity index (χ0n) is 26.3. The Bertz CT molecular complexity index is 1360. The lowest BCUT2D eigenvalue weighted by Gasteiger charge is -2.21. The SMILES string of the molecule is C1CCOC1.CC.CC.COc1nc2c3c(nc(-c4cc(N)c(F)c(C)c4C(F)(F)F)c(F)c3n1)OC(C)CCNCCN2. The van der Waals surface area contributed by atoms with Gasteiger partial charge in [0.1, 0.15) is 28.2 Å². The van der Waals surface area contributed by atoms with Crippen LogP contribution in [0.15, 0.2) is 6.07 Å². The number of hydrogen-bond donors (Lipinski definition) is 3. The third-order valence-electron chi connectivity index (χ3n) is 6.44. The molecule has 0 saturated carbocycles. The van der Waals surface area contributed by atoms with Crippen LogP contribution in [0, 0.1) is 18.6 Å². The molecule has 2 aliphatic rings. The lowest BCUT2D eigenvalue weighted by molar-refractivity contribution is -0.137. The Morgan fingerprint density at radius 1 is 0.977 bits per heavy atom. The van der Waals surface area contributed by atoms with Crippen molar-refractivity contribution >= 4 is 22.4 Å². The molecule has 2 aliphatic heterocycles. The Kier molecular flexibility index (Phi) is 14.2. The van der Waals surface area contributed by atoms with Gasteiger partial charge in [0.25, 0.3) is 0 Å². The fourth-order valence-corrected chi connectivity index (χ4v) is 4.43. The summed E-state index contributed by atoms with van der Waals surface area (Å²) in [6, 6.07) is 0.495. The standard InChI is InChI=1S/C22H23F5N6O2.C4H8O.2C2H6/c1-9-4-5-29-6-7-30-19-13-18(32-21(33-19)34-3)16(24)17(31-20(13)35-9)11-8-12(28)15(23)10(2)14(11)22(25,26)27;1-2-4-5-3-1;2*1-2/h8-9,29H,4-7,28H2,1-3H3,(H,30,32,33);1-4H2;2*1-2H3. The van der Waals surface area contributed by atoms with Crippen LogP contribution >= 0.6 is 0 Å². The van der Waals surface area contributed by atoms with E-state index in [9.17, 15) is 17.6 Å². The number of alkyl halides is 3. The Morgan fingerprint density at radius 2 is 1.64 bits per heavy atom. The number of aromatic nitrogens is 3.